The maximum absolute atomic E-state index is 13.0. The van der Waals surface area contributed by atoms with E-state index in [4.69, 9.17) is 4.98 Å². The number of aromatic nitrogens is 5. The Balaban J connectivity index is 1.43. The predicted molar refractivity (Wildman–Crippen MR) is 124 cm³/mol. The summed E-state index contributed by atoms with van der Waals surface area (Å²) < 4.78 is 3.46. The summed E-state index contributed by atoms with van der Waals surface area (Å²) >= 11 is 1.35. The molecule has 0 spiro atoms. The zero-order valence-electron chi connectivity index (χ0n) is 19.2. The molecule has 0 aromatic carbocycles. The van der Waals surface area contributed by atoms with E-state index in [9.17, 15) is 9.59 Å². The minimum absolute atomic E-state index is 0.00964. The maximum atomic E-state index is 13.0. The molecule has 6 heterocycles. The number of fused-ring (bicyclic) bond motifs is 4. The van der Waals surface area contributed by atoms with Crippen molar-refractivity contribution >= 4 is 34.2 Å². The molecule has 9 nitrogen and oxygen atoms in total. The third-order valence-corrected chi connectivity index (χ3v) is 7.22. The summed E-state index contributed by atoms with van der Waals surface area (Å²) in [5.74, 6) is 0.851. The molecule has 3 aliphatic rings. The number of piperidine rings is 2. The number of anilines is 1. The summed E-state index contributed by atoms with van der Waals surface area (Å²) in [5.41, 5.74) is 1.52. The van der Waals surface area contributed by atoms with E-state index < -0.39 is 0 Å². The van der Waals surface area contributed by atoms with E-state index in [0.717, 1.165) is 35.7 Å². The zero-order chi connectivity index (χ0) is 22.8. The number of imidazole rings is 1. The van der Waals surface area contributed by atoms with Gasteiger partial charge in [0.1, 0.15) is 10.8 Å². The summed E-state index contributed by atoms with van der Waals surface area (Å²) in [5, 5.41) is 9.32. The van der Waals surface area contributed by atoms with E-state index in [0.29, 0.717) is 23.7 Å². The van der Waals surface area contributed by atoms with E-state index >= 15 is 0 Å². The van der Waals surface area contributed by atoms with Gasteiger partial charge in [-0.1, -0.05) is 32.1 Å². The minimum atomic E-state index is -0.0381. The second kappa shape index (κ2) is 7.40. The van der Waals surface area contributed by atoms with Crippen molar-refractivity contribution in [1.29, 1.82) is 0 Å². The molecular weight excluding hydrogens is 426 g/mol. The van der Waals surface area contributed by atoms with Gasteiger partial charge in [-0.15, -0.1) is 10.2 Å². The highest BCUT2D eigenvalue weighted by atomic mass is 32.1. The number of hydrogen-bond acceptors (Lipinski definition) is 7. The molecule has 3 fully saturated rings. The van der Waals surface area contributed by atoms with E-state index in [2.05, 4.69) is 35.9 Å². The SMILES string of the molecule is Cc1nnc(C(=O)N2CC3CCC2CN3c2ccc3c(n2)n(C)c(=O)n3CC(C)(C)C)s1. The minimum Gasteiger partial charge on any atom is -0.350 e. The first kappa shape index (κ1) is 21.1. The van der Waals surface area contributed by atoms with Crippen LogP contribution in [0, 0.1) is 12.3 Å². The largest absolute Gasteiger partial charge is 0.350 e. The Morgan fingerprint density at radius 2 is 1.91 bits per heavy atom. The van der Waals surface area contributed by atoms with Gasteiger partial charge in [-0.25, -0.2) is 9.78 Å². The van der Waals surface area contributed by atoms with E-state index in [1.807, 2.05) is 28.5 Å². The van der Waals surface area contributed by atoms with Crippen molar-refractivity contribution < 1.29 is 4.79 Å². The summed E-state index contributed by atoms with van der Waals surface area (Å²) in [4.78, 5) is 35.0. The van der Waals surface area contributed by atoms with Crippen LogP contribution in [0.3, 0.4) is 0 Å². The normalized spacial score (nSPS) is 21.0. The van der Waals surface area contributed by atoms with Crippen molar-refractivity contribution in [1.82, 2.24) is 29.2 Å². The molecule has 3 aromatic rings. The lowest BCUT2D eigenvalue weighted by Crippen LogP contribution is -2.64. The zero-order valence-corrected chi connectivity index (χ0v) is 20.0. The molecule has 1 amide bonds. The number of aryl methyl sites for hydroxylation is 2. The lowest BCUT2D eigenvalue weighted by Gasteiger charge is -2.51. The van der Waals surface area contributed by atoms with Crippen LogP contribution in [-0.2, 0) is 13.6 Å². The molecule has 0 N–H and O–H groups in total. The highest BCUT2D eigenvalue weighted by Gasteiger charge is 2.42. The summed E-state index contributed by atoms with van der Waals surface area (Å²) in [6.07, 6.45) is 2.00. The molecule has 10 heteroatoms. The molecule has 3 aromatic heterocycles. The summed E-state index contributed by atoms with van der Waals surface area (Å²) in [6.45, 7) is 10.3. The van der Waals surface area contributed by atoms with Gasteiger partial charge >= 0.3 is 5.69 Å². The Kier molecular flexibility index (Phi) is 4.88. The Morgan fingerprint density at radius 3 is 2.53 bits per heavy atom. The van der Waals surface area contributed by atoms with Gasteiger partial charge in [-0.2, -0.15) is 0 Å². The molecule has 2 unspecified atom stereocenters. The fourth-order valence-corrected chi connectivity index (χ4v) is 5.56. The van der Waals surface area contributed by atoms with Crippen molar-refractivity contribution in [3.8, 4) is 0 Å². The summed E-state index contributed by atoms with van der Waals surface area (Å²) in [7, 11) is 1.79. The second-order valence-corrected chi connectivity index (χ2v) is 11.3. The molecule has 0 radical (unpaired) electrons. The van der Waals surface area contributed by atoms with Crippen molar-refractivity contribution in [3.63, 3.8) is 0 Å². The van der Waals surface area contributed by atoms with Crippen LogP contribution in [0.2, 0.25) is 0 Å². The van der Waals surface area contributed by atoms with Crippen LogP contribution in [0.25, 0.3) is 11.2 Å². The first-order valence-corrected chi connectivity index (χ1v) is 11.9. The quantitative estimate of drug-likeness (QED) is 0.603. The average molecular weight is 456 g/mol. The van der Waals surface area contributed by atoms with Crippen LogP contribution in [0.5, 0.6) is 0 Å². The van der Waals surface area contributed by atoms with Crippen molar-refractivity contribution in [2.24, 2.45) is 12.5 Å². The topological polar surface area (TPSA) is 89.2 Å². The molecule has 2 bridgehead atoms. The van der Waals surface area contributed by atoms with Crippen molar-refractivity contribution in [2.45, 2.75) is 59.2 Å². The number of nitrogens with zero attached hydrogens (tertiary/aromatic N) is 7. The molecule has 2 atom stereocenters. The van der Waals surface area contributed by atoms with Gasteiger partial charge < -0.3 is 9.80 Å². The Bertz CT molecular complexity index is 1250. The fourth-order valence-electron chi connectivity index (χ4n) is 4.91. The van der Waals surface area contributed by atoms with E-state index in [1.54, 1.807) is 11.6 Å². The van der Waals surface area contributed by atoms with Crippen LogP contribution < -0.4 is 10.6 Å². The van der Waals surface area contributed by atoms with Crippen LogP contribution in [0.1, 0.15) is 48.4 Å². The molecule has 6 rings (SSSR count). The Labute approximate surface area is 190 Å². The van der Waals surface area contributed by atoms with Gasteiger partial charge in [-0.05, 0) is 37.3 Å². The molecule has 170 valence electrons. The van der Waals surface area contributed by atoms with E-state index in [-0.39, 0.29) is 29.1 Å². The number of piperazine rings is 1. The maximum Gasteiger partial charge on any atom is 0.330 e. The van der Waals surface area contributed by atoms with Gasteiger partial charge in [0, 0.05) is 38.8 Å². The van der Waals surface area contributed by atoms with Crippen LogP contribution in [0.4, 0.5) is 5.82 Å². The molecule has 3 aliphatic heterocycles. The molecule has 32 heavy (non-hydrogen) atoms. The van der Waals surface area contributed by atoms with Gasteiger partial charge in [0.05, 0.1) is 5.52 Å². The monoisotopic (exact) mass is 455 g/mol. The summed E-state index contributed by atoms with van der Waals surface area (Å²) in [6, 6.07) is 4.36. The van der Waals surface area contributed by atoms with Crippen LogP contribution in [-0.4, -0.2) is 60.3 Å². The third-order valence-electron chi connectivity index (χ3n) is 6.39. The molecule has 0 saturated carbocycles. The van der Waals surface area contributed by atoms with Crippen molar-refractivity contribution in [2.75, 3.05) is 18.0 Å². The smallest absolute Gasteiger partial charge is 0.330 e. The first-order valence-electron chi connectivity index (χ1n) is 11.1. The second-order valence-electron chi connectivity index (χ2n) is 10.1. The van der Waals surface area contributed by atoms with Crippen LogP contribution >= 0.6 is 11.3 Å². The highest BCUT2D eigenvalue weighted by molar-refractivity contribution is 7.13. The predicted octanol–water partition coefficient (Wildman–Crippen LogP) is 2.43. The lowest BCUT2D eigenvalue weighted by atomic mass is 9.90. The molecule has 0 aliphatic carbocycles. The number of amides is 1. The van der Waals surface area contributed by atoms with E-state index in [1.165, 1.54) is 11.3 Å². The average Bonchev–Trinajstić information content (AvgIpc) is 3.29. The molecule has 3 saturated heterocycles. The lowest BCUT2D eigenvalue weighted by molar-refractivity contribution is 0.0503. The third kappa shape index (κ3) is 3.50. The highest BCUT2D eigenvalue weighted by Crippen LogP contribution is 2.34. The standard InChI is InChI=1S/C22H29N7O2S/c1-13-24-25-19(32-13)20(30)28-11-14-6-7-15(28)10-27(14)17-9-8-16-18(23-17)26(5)21(31)29(16)12-22(2,3)4/h8-9,14-15H,6-7,10-12H2,1-5H3. The number of pyridine rings is 1. The van der Waals surface area contributed by atoms with Gasteiger partial charge in [0.15, 0.2) is 5.65 Å². The number of hydrogen-bond donors (Lipinski definition) is 0. The number of rotatable bonds is 3. The van der Waals surface area contributed by atoms with Crippen LogP contribution in [0.15, 0.2) is 16.9 Å². The molecular formula is C22H29N7O2S. The van der Waals surface area contributed by atoms with Gasteiger partial charge in [-0.3, -0.25) is 13.9 Å². The Morgan fingerprint density at radius 1 is 1.16 bits per heavy atom. The van der Waals surface area contributed by atoms with Gasteiger partial charge in [0.25, 0.3) is 5.91 Å². The van der Waals surface area contributed by atoms with Crippen molar-refractivity contribution in [3.05, 3.63) is 32.6 Å². The first-order chi connectivity index (χ1) is 15.1. The Hall–Kier alpha value is -2.75. The van der Waals surface area contributed by atoms with Gasteiger partial charge in [0.2, 0.25) is 5.01 Å². The number of carbonyl (C=O) groups is 1. The fraction of sp³-hybridized carbons (Fsp3) is 0.591. The number of carbonyl (C=O) groups excluding carboxylic acids is 1.